The van der Waals surface area contributed by atoms with Crippen LogP contribution in [-0.4, -0.2) is 39.5 Å². The van der Waals surface area contributed by atoms with Crippen LogP contribution >= 0.6 is 11.6 Å². The van der Waals surface area contributed by atoms with Crippen molar-refractivity contribution in [1.29, 1.82) is 0 Å². The standard InChI is InChI=1S/C15H15B2ClN2O4/c1-8-2-3-10(18)5-11(8)9-4-12(23-16)14(19-6-9)15(22)20-7-13(21)24-17/h2-6H,7,16-17H2,1H3,(H,20,22). The summed E-state index contributed by atoms with van der Waals surface area (Å²) >= 11 is 6.05. The SMILES string of the molecule is BOC(=O)CNC(=O)c1ncc(-c2cc(Cl)ccc2C)cc1OB. The molecule has 0 bridgehead atoms. The molecule has 6 nitrogen and oxygen atoms in total. The zero-order valence-corrected chi connectivity index (χ0v) is 14.3. The van der Waals surface area contributed by atoms with E-state index >= 15 is 0 Å². The van der Waals surface area contributed by atoms with E-state index in [0.29, 0.717) is 10.8 Å². The first-order chi connectivity index (χ1) is 11.5. The van der Waals surface area contributed by atoms with Crippen molar-refractivity contribution in [2.45, 2.75) is 6.92 Å². The molecule has 0 atom stereocenters. The molecule has 0 unspecified atom stereocenters. The average molecular weight is 344 g/mol. The van der Waals surface area contributed by atoms with Gasteiger partial charge in [0.15, 0.2) is 5.69 Å². The van der Waals surface area contributed by atoms with Gasteiger partial charge in [-0.15, -0.1) is 0 Å². The number of nitrogens with one attached hydrogen (secondary N) is 1. The third-order valence-corrected chi connectivity index (χ3v) is 3.65. The number of carbonyl (C=O) groups is 2. The summed E-state index contributed by atoms with van der Waals surface area (Å²) in [6, 6.07) is 7.24. The molecule has 1 amide bonds. The number of rotatable bonds is 5. The van der Waals surface area contributed by atoms with Crippen LogP contribution in [0.2, 0.25) is 5.02 Å². The summed E-state index contributed by atoms with van der Waals surface area (Å²) in [6.45, 7) is 1.71. The van der Waals surface area contributed by atoms with Crippen molar-refractivity contribution in [2.24, 2.45) is 0 Å². The predicted molar refractivity (Wildman–Crippen MR) is 95.6 cm³/mol. The summed E-state index contributed by atoms with van der Waals surface area (Å²) in [5, 5.41) is 3.03. The highest BCUT2D eigenvalue weighted by molar-refractivity contribution is 6.30. The van der Waals surface area contributed by atoms with E-state index in [1.807, 2.05) is 19.1 Å². The van der Waals surface area contributed by atoms with Crippen molar-refractivity contribution in [3.8, 4) is 16.9 Å². The first kappa shape index (κ1) is 17.9. The van der Waals surface area contributed by atoms with Crippen LogP contribution in [0.5, 0.6) is 5.75 Å². The lowest BCUT2D eigenvalue weighted by Gasteiger charge is -2.12. The summed E-state index contributed by atoms with van der Waals surface area (Å²) in [6.07, 6.45) is 1.56. The van der Waals surface area contributed by atoms with E-state index in [9.17, 15) is 9.59 Å². The first-order valence-electron chi connectivity index (χ1n) is 7.11. The number of nitrogens with zero attached hydrogens (tertiary/aromatic N) is 1. The van der Waals surface area contributed by atoms with Crippen LogP contribution in [0.1, 0.15) is 16.1 Å². The zero-order chi connectivity index (χ0) is 17.7. The Hall–Kier alpha value is -2.47. The number of carbonyl (C=O) groups excluding carboxylic acids is 2. The molecule has 0 aliphatic heterocycles. The molecule has 0 spiro atoms. The minimum atomic E-state index is -0.548. The van der Waals surface area contributed by atoms with Crippen LogP contribution in [-0.2, 0) is 9.45 Å². The Labute approximate surface area is 146 Å². The second-order valence-corrected chi connectivity index (χ2v) is 5.43. The quantitative estimate of drug-likeness (QED) is 0.798. The van der Waals surface area contributed by atoms with E-state index in [-0.39, 0.29) is 12.2 Å². The number of aryl methyl sites for hydroxylation is 1. The lowest BCUT2D eigenvalue weighted by Crippen LogP contribution is -2.31. The Morgan fingerprint density at radius 1 is 1.29 bits per heavy atom. The largest absolute Gasteiger partial charge is 0.566 e. The van der Waals surface area contributed by atoms with Gasteiger partial charge in [-0.3, -0.25) is 9.59 Å². The van der Waals surface area contributed by atoms with Gasteiger partial charge in [-0.05, 0) is 36.2 Å². The van der Waals surface area contributed by atoms with E-state index in [0.717, 1.165) is 16.7 Å². The minimum Gasteiger partial charge on any atom is -0.566 e. The zero-order valence-electron chi connectivity index (χ0n) is 13.6. The number of hydrogen-bond acceptors (Lipinski definition) is 5. The summed E-state index contributed by atoms with van der Waals surface area (Å²) in [7, 11) is 2.69. The van der Waals surface area contributed by atoms with Gasteiger partial charge < -0.3 is 14.6 Å². The van der Waals surface area contributed by atoms with E-state index in [2.05, 4.69) is 15.0 Å². The summed E-state index contributed by atoms with van der Waals surface area (Å²) in [5.74, 6) is -0.769. The molecular formula is C15H15B2ClN2O4. The van der Waals surface area contributed by atoms with Crippen molar-refractivity contribution in [1.82, 2.24) is 10.3 Å². The second kappa shape index (κ2) is 7.88. The molecule has 0 radical (unpaired) electrons. The Bertz CT molecular complexity index is 786. The van der Waals surface area contributed by atoms with Crippen molar-refractivity contribution in [3.05, 3.63) is 46.7 Å². The van der Waals surface area contributed by atoms with E-state index in [1.165, 1.54) is 16.1 Å². The Kier molecular flexibility index (Phi) is 5.87. The van der Waals surface area contributed by atoms with Crippen molar-refractivity contribution >= 4 is 39.6 Å². The molecule has 0 aliphatic carbocycles. The molecule has 0 aliphatic rings. The molecule has 2 rings (SSSR count). The van der Waals surface area contributed by atoms with Gasteiger partial charge in [-0.2, -0.15) is 0 Å². The lowest BCUT2D eigenvalue weighted by molar-refractivity contribution is -0.132. The highest BCUT2D eigenvalue weighted by Crippen LogP contribution is 2.29. The second-order valence-electron chi connectivity index (χ2n) is 4.99. The van der Waals surface area contributed by atoms with Gasteiger partial charge in [0.05, 0.1) is 0 Å². The third kappa shape index (κ3) is 4.08. The average Bonchev–Trinajstić information content (AvgIpc) is 2.60. The molecule has 24 heavy (non-hydrogen) atoms. The molecule has 0 saturated heterocycles. The maximum Gasteiger partial charge on any atom is 0.326 e. The van der Waals surface area contributed by atoms with Crippen molar-refractivity contribution in [3.63, 3.8) is 0 Å². The number of benzene rings is 1. The van der Waals surface area contributed by atoms with Gasteiger partial charge in [-0.25, -0.2) is 4.98 Å². The summed E-state index contributed by atoms with van der Waals surface area (Å²) in [5.41, 5.74) is 2.78. The van der Waals surface area contributed by atoms with Gasteiger partial charge >= 0.3 is 22.1 Å². The molecule has 9 heteroatoms. The van der Waals surface area contributed by atoms with Crippen LogP contribution in [0.3, 0.4) is 0 Å². The molecule has 2 aromatic rings. The fraction of sp³-hybridized carbons (Fsp3) is 0.133. The number of pyridine rings is 1. The molecule has 0 fully saturated rings. The molecule has 1 heterocycles. The molecule has 122 valence electrons. The highest BCUT2D eigenvalue weighted by Gasteiger charge is 2.16. The van der Waals surface area contributed by atoms with Gasteiger partial charge in [0.1, 0.15) is 12.3 Å². The fourth-order valence-electron chi connectivity index (χ4n) is 2.13. The molecule has 1 aromatic carbocycles. The maximum atomic E-state index is 12.1. The lowest BCUT2D eigenvalue weighted by atomic mass is 10.0. The van der Waals surface area contributed by atoms with Crippen LogP contribution in [0.15, 0.2) is 30.5 Å². The van der Waals surface area contributed by atoms with Crippen molar-refractivity contribution in [2.75, 3.05) is 6.54 Å². The minimum absolute atomic E-state index is 0.0878. The first-order valence-corrected chi connectivity index (χ1v) is 7.49. The third-order valence-electron chi connectivity index (χ3n) is 3.42. The predicted octanol–water partition coefficient (Wildman–Crippen LogP) is 0.458. The van der Waals surface area contributed by atoms with Crippen molar-refractivity contribution < 1.29 is 18.9 Å². The Morgan fingerprint density at radius 2 is 2.04 bits per heavy atom. The van der Waals surface area contributed by atoms with Gasteiger partial charge in [0.2, 0.25) is 0 Å². The summed E-state index contributed by atoms with van der Waals surface area (Å²) < 4.78 is 9.74. The molecule has 1 aromatic heterocycles. The summed E-state index contributed by atoms with van der Waals surface area (Å²) in [4.78, 5) is 27.4. The van der Waals surface area contributed by atoms with Crippen LogP contribution in [0.4, 0.5) is 0 Å². The topological polar surface area (TPSA) is 77.5 Å². The number of aromatic nitrogens is 1. The maximum absolute atomic E-state index is 12.1. The van der Waals surface area contributed by atoms with Crippen LogP contribution in [0, 0.1) is 6.92 Å². The van der Waals surface area contributed by atoms with Gasteiger partial charge in [-0.1, -0.05) is 17.7 Å². The van der Waals surface area contributed by atoms with Gasteiger partial charge in [0, 0.05) is 16.8 Å². The van der Waals surface area contributed by atoms with E-state index in [1.54, 1.807) is 18.3 Å². The molecular weight excluding hydrogens is 329 g/mol. The monoisotopic (exact) mass is 344 g/mol. The fourth-order valence-corrected chi connectivity index (χ4v) is 2.30. The molecule has 0 saturated carbocycles. The van der Waals surface area contributed by atoms with E-state index in [4.69, 9.17) is 16.3 Å². The van der Waals surface area contributed by atoms with Crippen LogP contribution in [0.25, 0.3) is 11.1 Å². The Morgan fingerprint density at radius 3 is 2.71 bits per heavy atom. The van der Waals surface area contributed by atoms with Gasteiger partial charge in [0.25, 0.3) is 5.91 Å². The normalized spacial score (nSPS) is 10.1. The number of hydrogen-bond donors (Lipinski definition) is 1. The molecule has 1 N–H and O–H groups in total. The number of halogens is 1. The number of amides is 1. The highest BCUT2D eigenvalue weighted by atomic mass is 35.5. The van der Waals surface area contributed by atoms with Crippen LogP contribution < -0.4 is 9.97 Å². The Balaban J connectivity index is 2.32. The smallest absolute Gasteiger partial charge is 0.326 e. The van der Waals surface area contributed by atoms with E-state index < -0.39 is 11.9 Å².